The summed E-state index contributed by atoms with van der Waals surface area (Å²) < 4.78 is 14.8. The van der Waals surface area contributed by atoms with E-state index in [1.807, 2.05) is 0 Å². The van der Waals surface area contributed by atoms with E-state index in [-0.39, 0.29) is 16.8 Å². The average molecular weight is 632 g/mol. The molecule has 45 heavy (non-hydrogen) atoms. The summed E-state index contributed by atoms with van der Waals surface area (Å²) in [5.74, 6) is 0.109. The lowest BCUT2D eigenvalue weighted by molar-refractivity contribution is -0.120. The quantitative estimate of drug-likeness (QED) is 0.270. The molecule has 2 aromatic carbocycles. The van der Waals surface area contributed by atoms with Crippen LogP contribution in [-0.4, -0.2) is 38.6 Å². The zero-order valence-electron chi connectivity index (χ0n) is 25.7. The molecule has 1 atom stereocenters. The second kappa shape index (κ2) is 12.3. The van der Waals surface area contributed by atoms with Crippen LogP contribution in [0.4, 0.5) is 10.5 Å². The molecule has 1 unspecified atom stereocenters. The minimum atomic E-state index is -0.889. The lowest BCUT2D eigenvalue weighted by Crippen LogP contribution is -2.35. The number of nitrogens with one attached hydrogen (secondary N) is 1. The van der Waals surface area contributed by atoms with Gasteiger partial charge in [-0.05, 0) is 69.5 Å². The smallest absolute Gasteiger partial charge is 0.434 e. The lowest BCUT2D eigenvalue weighted by atomic mass is 9.80. The Morgan fingerprint density at radius 3 is 2.47 bits per heavy atom. The summed E-state index contributed by atoms with van der Waals surface area (Å²) >= 11 is 6.21. The molecule has 2 heterocycles. The molecule has 1 amide bonds. The third-order valence-electron chi connectivity index (χ3n) is 7.96. The summed E-state index contributed by atoms with van der Waals surface area (Å²) in [6, 6.07) is 12.0. The van der Waals surface area contributed by atoms with E-state index in [1.54, 1.807) is 45.0 Å². The van der Waals surface area contributed by atoms with E-state index in [4.69, 9.17) is 21.1 Å². The molecule has 0 bridgehead atoms. The van der Waals surface area contributed by atoms with Gasteiger partial charge in [-0.1, -0.05) is 30.9 Å². The van der Waals surface area contributed by atoms with Gasteiger partial charge in [-0.2, -0.15) is 9.94 Å². The van der Waals surface area contributed by atoms with Crippen molar-refractivity contribution in [1.82, 2.24) is 13.9 Å². The maximum absolute atomic E-state index is 13.9. The number of benzene rings is 2. The summed E-state index contributed by atoms with van der Waals surface area (Å²) in [6.45, 7) is 5.18. The van der Waals surface area contributed by atoms with Crippen LogP contribution in [0.2, 0.25) is 5.02 Å². The number of rotatable bonds is 7. The molecule has 0 saturated heterocycles. The van der Waals surface area contributed by atoms with Gasteiger partial charge < -0.3 is 14.8 Å². The second-order valence-corrected chi connectivity index (χ2v) is 12.6. The molecule has 234 valence electrons. The van der Waals surface area contributed by atoms with E-state index in [2.05, 4.69) is 11.4 Å². The molecule has 12 heteroatoms. The molecular formula is C33H34ClN5O6. The number of nitriles is 1. The van der Waals surface area contributed by atoms with Crippen LogP contribution in [-0.2, 0) is 16.6 Å². The minimum absolute atomic E-state index is 0.255. The van der Waals surface area contributed by atoms with E-state index >= 15 is 0 Å². The average Bonchev–Trinajstić information content (AvgIpc) is 3.20. The number of methoxy groups -OCH3 is 1. The van der Waals surface area contributed by atoms with Crippen molar-refractivity contribution in [2.45, 2.75) is 58.1 Å². The number of amides is 1. The summed E-state index contributed by atoms with van der Waals surface area (Å²) in [4.78, 5) is 53.4. The zero-order valence-corrected chi connectivity index (χ0v) is 26.5. The Kier molecular flexibility index (Phi) is 8.63. The lowest BCUT2D eigenvalue weighted by Gasteiger charge is -2.30. The number of pyridine rings is 1. The van der Waals surface area contributed by atoms with Crippen LogP contribution < -0.4 is 21.2 Å². The van der Waals surface area contributed by atoms with E-state index in [0.29, 0.717) is 39.6 Å². The highest BCUT2D eigenvalue weighted by atomic mass is 35.5. The second-order valence-electron chi connectivity index (χ2n) is 12.2. The maximum Gasteiger partial charge on any atom is 0.434 e. The molecule has 1 N–H and O–H groups in total. The van der Waals surface area contributed by atoms with Crippen LogP contribution >= 0.6 is 11.6 Å². The standard InChI is InChI=1S/C33H34ClN5O6/c1-33(2,3)45-32(43)39-26-15-22(11-12-23(26)31(42)37(39)4)36-30(41)27(13-19-7-6-8-19)38-18-28(44-5)25(16-29(38)40)24-14-21(34)10-9-20(24)17-35/h9-12,14-16,18-19,27H,6-8,13H2,1-5H3,(H,36,41). The predicted octanol–water partition coefficient (Wildman–Crippen LogP) is 5.86. The van der Waals surface area contributed by atoms with E-state index in [9.17, 15) is 24.4 Å². The van der Waals surface area contributed by atoms with E-state index in [0.717, 1.165) is 28.6 Å². The molecule has 0 aliphatic heterocycles. The highest BCUT2D eigenvalue weighted by molar-refractivity contribution is 6.31. The van der Waals surface area contributed by atoms with Gasteiger partial charge in [0.25, 0.3) is 11.1 Å². The van der Waals surface area contributed by atoms with Gasteiger partial charge in [0.1, 0.15) is 17.4 Å². The molecule has 1 aliphatic rings. The number of anilines is 1. The Morgan fingerprint density at radius 1 is 1.11 bits per heavy atom. The van der Waals surface area contributed by atoms with Crippen molar-refractivity contribution in [1.29, 1.82) is 5.26 Å². The summed E-state index contributed by atoms with van der Waals surface area (Å²) in [5.41, 5.74) is 0.109. The maximum atomic E-state index is 13.9. The van der Waals surface area contributed by atoms with Crippen LogP contribution in [0.5, 0.6) is 5.75 Å². The number of carbonyl (C=O) groups is 2. The molecule has 0 radical (unpaired) electrons. The molecule has 5 rings (SSSR count). The molecule has 1 saturated carbocycles. The molecule has 1 fully saturated rings. The largest absolute Gasteiger partial charge is 0.495 e. The number of halogens is 1. The van der Waals surface area contributed by atoms with Gasteiger partial charge in [0, 0.05) is 35.0 Å². The first-order valence-corrected chi connectivity index (χ1v) is 14.9. The van der Waals surface area contributed by atoms with Crippen molar-refractivity contribution >= 4 is 40.2 Å². The van der Waals surface area contributed by atoms with E-state index in [1.165, 1.54) is 43.1 Å². The van der Waals surface area contributed by atoms with Gasteiger partial charge in [0.2, 0.25) is 5.91 Å². The Bertz CT molecular complexity index is 1970. The fraction of sp³-hybridized carbons (Fsp3) is 0.364. The Balaban J connectivity index is 1.54. The molecule has 0 spiro atoms. The van der Waals surface area contributed by atoms with Crippen LogP contribution in [0.25, 0.3) is 22.0 Å². The fourth-order valence-corrected chi connectivity index (χ4v) is 5.69. The highest BCUT2D eigenvalue weighted by Gasteiger charge is 2.30. The molecular weight excluding hydrogens is 598 g/mol. The summed E-state index contributed by atoms with van der Waals surface area (Å²) in [6.07, 6.45) is 4.12. The monoisotopic (exact) mass is 631 g/mol. The predicted molar refractivity (Wildman–Crippen MR) is 171 cm³/mol. The first-order chi connectivity index (χ1) is 21.3. The van der Waals surface area contributed by atoms with Gasteiger partial charge >= 0.3 is 6.09 Å². The van der Waals surface area contributed by atoms with Crippen LogP contribution in [0, 0.1) is 17.2 Å². The Morgan fingerprint density at radius 2 is 1.84 bits per heavy atom. The number of aromatic nitrogens is 3. The van der Waals surface area contributed by atoms with Crippen molar-refractivity contribution in [3.63, 3.8) is 0 Å². The zero-order chi connectivity index (χ0) is 32.6. The van der Waals surface area contributed by atoms with Crippen LogP contribution in [0.3, 0.4) is 0 Å². The number of hydrogen-bond acceptors (Lipinski definition) is 7. The SMILES string of the molecule is COc1cn(C(CC2CCC2)C(=O)Nc2ccc3c(=O)n(C)n(C(=O)OC(C)(C)C)c3c2)c(=O)cc1-c1cc(Cl)ccc1C#N. The van der Waals surface area contributed by atoms with Gasteiger partial charge in [-0.15, -0.1) is 0 Å². The third-order valence-corrected chi connectivity index (χ3v) is 8.20. The van der Waals surface area contributed by atoms with Crippen molar-refractivity contribution in [3.8, 4) is 22.9 Å². The number of ether oxygens (including phenoxy) is 2. The number of nitrogens with zero attached hydrogens (tertiary/aromatic N) is 4. The van der Waals surface area contributed by atoms with E-state index < -0.39 is 34.8 Å². The van der Waals surface area contributed by atoms with Crippen LogP contribution in [0.1, 0.15) is 58.1 Å². The van der Waals surface area contributed by atoms with Gasteiger partial charge in [-0.3, -0.25) is 19.0 Å². The summed E-state index contributed by atoms with van der Waals surface area (Å²) in [5, 5.41) is 13.2. The Labute approximate surface area is 264 Å². The first kappa shape index (κ1) is 31.6. The Hall–Kier alpha value is -4.82. The van der Waals surface area contributed by atoms with Crippen LogP contribution in [0.15, 0.2) is 58.3 Å². The van der Waals surface area contributed by atoms with Crippen molar-refractivity contribution in [2.24, 2.45) is 13.0 Å². The van der Waals surface area contributed by atoms with Gasteiger partial charge in [0.05, 0.1) is 35.8 Å². The van der Waals surface area contributed by atoms with Crippen molar-refractivity contribution in [2.75, 3.05) is 12.4 Å². The number of hydrogen-bond donors (Lipinski definition) is 1. The fourth-order valence-electron chi connectivity index (χ4n) is 5.52. The normalized spacial score (nSPS) is 14.0. The minimum Gasteiger partial charge on any atom is -0.495 e. The number of fused-ring (bicyclic) bond motifs is 1. The molecule has 1 aliphatic carbocycles. The summed E-state index contributed by atoms with van der Waals surface area (Å²) in [7, 11) is 2.91. The van der Waals surface area contributed by atoms with Gasteiger partial charge in [-0.25, -0.2) is 9.48 Å². The molecule has 4 aromatic rings. The van der Waals surface area contributed by atoms with Crippen molar-refractivity contribution in [3.05, 3.63) is 80.0 Å². The molecule has 2 aromatic heterocycles. The topological polar surface area (TPSA) is 137 Å². The third kappa shape index (κ3) is 6.37. The first-order valence-electron chi connectivity index (χ1n) is 14.6. The van der Waals surface area contributed by atoms with Crippen molar-refractivity contribution < 1.29 is 19.1 Å². The van der Waals surface area contributed by atoms with Gasteiger partial charge in [0.15, 0.2) is 0 Å². The number of carbonyl (C=O) groups excluding carboxylic acids is 2. The highest BCUT2D eigenvalue weighted by Crippen LogP contribution is 2.37. The molecule has 11 nitrogen and oxygen atoms in total.